The van der Waals surface area contributed by atoms with Gasteiger partial charge in [-0.25, -0.2) is 8.42 Å². The zero-order valence-corrected chi connectivity index (χ0v) is 7.01. The van der Waals surface area contributed by atoms with Crippen molar-refractivity contribution >= 4 is 10.0 Å². The Bertz CT molecular complexity index is 228. The van der Waals surface area contributed by atoms with Gasteiger partial charge in [-0.3, -0.25) is 0 Å². The standard InChI is InChI=1S/C6H11NO3S/c1-2-11(8,9)7-3-5-10-6-4-7/h2H,1,3-6H2. The smallest absolute Gasteiger partial charge is 0.235 e. The second-order valence-electron chi connectivity index (χ2n) is 2.22. The lowest BCUT2D eigenvalue weighted by Gasteiger charge is -2.24. The fourth-order valence-corrected chi connectivity index (χ4v) is 1.78. The highest BCUT2D eigenvalue weighted by atomic mass is 32.2. The highest BCUT2D eigenvalue weighted by Crippen LogP contribution is 2.05. The zero-order valence-electron chi connectivity index (χ0n) is 6.19. The van der Waals surface area contributed by atoms with Crippen molar-refractivity contribution in [1.82, 2.24) is 4.31 Å². The molecule has 0 amide bonds. The SMILES string of the molecule is C=CS(=O)(=O)N1CCOCC1. The number of ether oxygens (including phenoxy) is 1. The van der Waals surface area contributed by atoms with E-state index in [-0.39, 0.29) is 0 Å². The lowest BCUT2D eigenvalue weighted by atomic mass is 10.5. The molecule has 0 aromatic heterocycles. The third kappa shape index (κ3) is 2.02. The molecular weight excluding hydrogens is 166 g/mol. The Labute approximate surface area is 66.5 Å². The largest absolute Gasteiger partial charge is 0.379 e. The minimum Gasteiger partial charge on any atom is -0.379 e. The van der Waals surface area contributed by atoms with E-state index in [0.717, 1.165) is 5.41 Å². The van der Waals surface area contributed by atoms with Crippen LogP contribution in [0.25, 0.3) is 0 Å². The molecule has 0 unspecified atom stereocenters. The van der Waals surface area contributed by atoms with Crippen molar-refractivity contribution in [2.75, 3.05) is 26.3 Å². The van der Waals surface area contributed by atoms with Gasteiger partial charge in [0.2, 0.25) is 10.0 Å². The number of sulfonamides is 1. The number of hydrogen-bond acceptors (Lipinski definition) is 3. The fraction of sp³-hybridized carbons (Fsp3) is 0.667. The first-order chi connectivity index (χ1) is 5.17. The molecule has 1 aliphatic rings. The summed E-state index contributed by atoms with van der Waals surface area (Å²) in [5.74, 6) is 0. The maximum atomic E-state index is 11.1. The van der Waals surface area contributed by atoms with Crippen LogP contribution in [0, 0.1) is 0 Å². The van der Waals surface area contributed by atoms with Gasteiger partial charge in [-0.1, -0.05) is 6.58 Å². The van der Waals surface area contributed by atoms with Crippen LogP contribution in [0.15, 0.2) is 12.0 Å². The Kier molecular flexibility index (Phi) is 2.64. The van der Waals surface area contributed by atoms with Gasteiger partial charge in [0.15, 0.2) is 0 Å². The Morgan fingerprint density at radius 3 is 2.36 bits per heavy atom. The van der Waals surface area contributed by atoms with Gasteiger partial charge in [-0.2, -0.15) is 4.31 Å². The Balaban J connectivity index is 2.66. The molecule has 0 aliphatic carbocycles. The van der Waals surface area contributed by atoms with E-state index in [1.807, 2.05) is 0 Å². The van der Waals surface area contributed by atoms with Crippen LogP contribution in [0.1, 0.15) is 0 Å². The van der Waals surface area contributed by atoms with Crippen molar-refractivity contribution in [1.29, 1.82) is 0 Å². The van der Waals surface area contributed by atoms with Crippen molar-refractivity contribution in [3.05, 3.63) is 12.0 Å². The first-order valence-corrected chi connectivity index (χ1v) is 4.87. The van der Waals surface area contributed by atoms with Crippen molar-refractivity contribution in [3.8, 4) is 0 Å². The summed E-state index contributed by atoms with van der Waals surface area (Å²) in [6.07, 6.45) is 0. The van der Waals surface area contributed by atoms with Gasteiger partial charge in [0.25, 0.3) is 0 Å². The third-order valence-electron chi connectivity index (χ3n) is 1.54. The average Bonchev–Trinajstić information content (AvgIpc) is 2.06. The number of hydrogen-bond donors (Lipinski definition) is 0. The van der Waals surface area contributed by atoms with Gasteiger partial charge >= 0.3 is 0 Å². The van der Waals surface area contributed by atoms with E-state index in [1.54, 1.807) is 0 Å². The second-order valence-corrected chi connectivity index (χ2v) is 4.10. The number of rotatable bonds is 2. The molecule has 5 heteroatoms. The molecule has 1 heterocycles. The molecule has 1 aliphatic heterocycles. The molecule has 64 valence electrons. The van der Waals surface area contributed by atoms with Gasteiger partial charge < -0.3 is 4.74 Å². The van der Waals surface area contributed by atoms with Crippen LogP contribution in [0.3, 0.4) is 0 Å². The van der Waals surface area contributed by atoms with E-state index >= 15 is 0 Å². The number of nitrogens with zero attached hydrogens (tertiary/aromatic N) is 1. The van der Waals surface area contributed by atoms with Gasteiger partial charge in [0, 0.05) is 18.5 Å². The van der Waals surface area contributed by atoms with E-state index < -0.39 is 10.0 Å². The van der Waals surface area contributed by atoms with Crippen LogP contribution in [0.4, 0.5) is 0 Å². The highest BCUT2D eigenvalue weighted by molar-refractivity contribution is 7.92. The van der Waals surface area contributed by atoms with Crippen molar-refractivity contribution < 1.29 is 13.2 Å². The lowest BCUT2D eigenvalue weighted by molar-refractivity contribution is 0.0735. The van der Waals surface area contributed by atoms with E-state index in [2.05, 4.69) is 6.58 Å². The molecular formula is C6H11NO3S. The molecule has 11 heavy (non-hydrogen) atoms. The molecule has 4 nitrogen and oxygen atoms in total. The first kappa shape index (κ1) is 8.70. The number of morpholine rings is 1. The van der Waals surface area contributed by atoms with Crippen LogP contribution in [-0.4, -0.2) is 39.0 Å². The normalized spacial score (nSPS) is 21.5. The second kappa shape index (κ2) is 3.34. The van der Waals surface area contributed by atoms with Crippen LogP contribution in [0.5, 0.6) is 0 Å². The molecule has 1 saturated heterocycles. The Morgan fingerprint density at radius 1 is 1.36 bits per heavy atom. The summed E-state index contributed by atoms with van der Waals surface area (Å²) in [5, 5.41) is 0.971. The summed E-state index contributed by atoms with van der Waals surface area (Å²) in [5.41, 5.74) is 0. The van der Waals surface area contributed by atoms with E-state index in [9.17, 15) is 8.42 Å². The predicted octanol–water partition coefficient (Wildman–Crippen LogP) is -0.208. The van der Waals surface area contributed by atoms with Gasteiger partial charge in [0.1, 0.15) is 0 Å². The zero-order chi connectivity index (χ0) is 8.32. The predicted molar refractivity (Wildman–Crippen MR) is 41.5 cm³/mol. The maximum Gasteiger partial charge on any atom is 0.235 e. The van der Waals surface area contributed by atoms with Crippen LogP contribution < -0.4 is 0 Å². The van der Waals surface area contributed by atoms with Crippen molar-refractivity contribution in [2.45, 2.75) is 0 Å². The molecule has 0 saturated carbocycles. The molecule has 1 fully saturated rings. The minimum absolute atomic E-state index is 0.439. The topological polar surface area (TPSA) is 46.6 Å². The molecule has 0 spiro atoms. The summed E-state index contributed by atoms with van der Waals surface area (Å²) in [6.45, 7) is 5.07. The summed E-state index contributed by atoms with van der Waals surface area (Å²) < 4.78 is 28.6. The fourth-order valence-electron chi connectivity index (χ4n) is 0.906. The summed E-state index contributed by atoms with van der Waals surface area (Å²) >= 11 is 0. The van der Waals surface area contributed by atoms with Gasteiger partial charge in [-0.05, 0) is 0 Å². The molecule has 0 N–H and O–H groups in total. The van der Waals surface area contributed by atoms with Crippen LogP contribution in [0.2, 0.25) is 0 Å². The van der Waals surface area contributed by atoms with Gasteiger partial charge in [-0.15, -0.1) is 0 Å². The van der Waals surface area contributed by atoms with Crippen LogP contribution >= 0.6 is 0 Å². The molecule has 0 bridgehead atoms. The quantitative estimate of drug-likeness (QED) is 0.586. The average molecular weight is 177 g/mol. The molecule has 0 aromatic carbocycles. The van der Waals surface area contributed by atoms with Crippen molar-refractivity contribution in [2.24, 2.45) is 0 Å². The molecule has 0 atom stereocenters. The summed E-state index contributed by atoms with van der Waals surface area (Å²) in [6, 6.07) is 0. The van der Waals surface area contributed by atoms with E-state index in [0.29, 0.717) is 26.3 Å². The monoisotopic (exact) mass is 177 g/mol. The lowest BCUT2D eigenvalue weighted by Crippen LogP contribution is -2.39. The van der Waals surface area contributed by atoms with Gasteiger partial charge in [0.05, 0.1) is 13.2 Å². The first-order valence-electron chi connectivity index (χ1n) is 3.37. The highest BCUT2D eigenvalue weighted by Gasteiger charge is 2.20. The summed E-state index contributed by atoms with van der Waals surface area (Å²) in [4.78, 5) is 0. The maximum absolute atomic E-state index is 11.1. The van der Waals surface area contributed by atoms with E-state index in [1.165, 1.54) is 4.31 Å². The molecule has 0 aromatic rings. The molecule has 1 rings (SSSR count). The minimum atomic E-state index is -3.20. The Hall–Kier alpha value is -0.390. The van der Waals surface area contributed by atoms with E-state index in [4.69, 9.17) is 4.74 Å². The van der Waals surface area contributed by atoms with Crippen LogP contribution in [-0.2, 0) is 14.8 Å². The summed E-state index contributed by atoms with van der Waals surface area (Å²) in [7, 11) is -3.20. The van der Waals surface area contributed by atoms with Crippen molar-refractivity contribution in [3.63, 3.8) is 0 Å². The molecule has 0 radical (unpaired) electrons. The third-order valence-corrected chi connectivity index (χ3v) is 3.05. The Morgan fingerprint density at radius 2 is 1.91 bits per heavy atom.